The summed E-state index contributed by atoms with van der Waals surface area (Å²) in [4.78, 5) is 0. The van der Waals surface area contributed by atoms with Gasteiger partial charge in [0.2, 0.25) is 0 Å². The van der Waals surface area contributed by atoms with E-state index in [9.17, 15) is 0 Å². The van der Waals surface area contributed by atoms with Crippen LogP contribution in [0.5, 0.6) is 0 Å². The van der Waals surface area contributed by atoms with Gasteiger partial charge in [-0.05, 0) is 30.5 Å². The maximum absolute atomic E-state index is 6.44. The Morgan fingerprint density at radius 1 is 1.33 bits per heavy atom. The van der Waals surface area contributed by atoms with E-state index in [1.165, 1.54) is 12.0 Å². The number of hydrogen-bond donors (Lipinski definition) is 0. The second-order valence-electron chi connectivity index (χ2n) is 3.93. The fourth-order valence-electron chi connectivity index (χ4n) is 1.92. The molecule has 2 atom stereocenters. The number of halogens is 2. The Morgan fingerprint density at radius 2 is 2.07 bits per heavy atom. The van der Waals surface area contributed by atoms with Gasteiger partial charge in [0, 0.05) is 17.0 Å². The minimum absolute atomic E-state index is 0.0819. The zero-order valence-electron chi connectivity index (χ0n) is 8.46. The maximum atomic E-state index is 6.44. The largest absolute Gasteiger partial charge is 0.381 e. The van der Waals surface area contributed by atoms with Crippen LogP contribution in [0.25, 0.3) is 0 Å². The molecule has 1 nitrogen and oxygen atoms in total. The van der Waals surface area contributed by atoms with Crippen LogP contribution < -0.4 is 0 Å². The van der Waals surface area contributed by atoms with Crippen LogP contribution in [0, 0.1) is 5.92 Å². The highest BCUT2D eigenvalue weighted by Crippen LogP contribution is 2.34. The van der Waals surface area contributed by atoms with E-state index in [1.54, 1.807) is 0 Å². The molecule has 0 bridgehead atoms. The fraction of sp³-hybridized carbons (Fsp3) is 0.500. The Morgan fingerprint density at radius 3 is 2.67 bits per heavy atom. The molecule has 0 aliphatic carbocycles. The van der Waals surface area contributed by atoms with Crippen molar-refractivity contribution in [3.8, 4) is 0 Å². The summed E-state index contributed by atoms with van der Waals surface area (Å²) in [6.45, 7) is 1.69. The molecule has 1 heterocycles. The Kier molecular flexibility index (Phi) is 4.06. The van der Waals surface area contributed by atoms with Gasteiger partial charge in [-0.2, -0.15) is 0 Å². The van der Waals surface area contributed by atoms with Gasteiger partial charge in [-0.25, -0.2) is 0 Å². The van der Waals surface area contributed by atoms with Gasteiger partial charge in [0.1, 0.15) is 0 Å². The Labute approximate surface area is 104 Å². The summed E-state index contributed by atoms with van der Waals surface area (Å²) in [6.07, 6.45) is 2.30. The first-order chi connectivity index (χ1) is 7.27. The van der Waals surface area contributed by atoms with E-state index in [0.717, 1.165) is 24.1 Å². The SMILES string of the molecule is ClC(c1ccc(Br)cc1)C1CCCOC1. The lowest BCUT2D eigenvalue weighted by Gasteiger charge is -2.26. The molecule has 1 aliphatic rings. The topological polar surface area (TPSA) is 9.23 Å². The highest BCUT2D eigenvalue weighted by molar-refractivity contribution is 9.10. The van der Waals surface area contributed by atoms with Crippen LogP contribution in [0.1, 0.15) is 23.8 Å². The molecule has 2 unspecified atom stereocenters. The Hall–Kier alpha value is -0.0500. The van der Waals surface area contributed by atoms with Crippen molar-refractivity contribution in [2.24, 2.45) is 5.92 Å². The summed E-state index contributed by atoms with van der Waals surface area (Å²) in [5.74, 6) is 0.460. The van der Waals surface area contributed by atoms with Gasteiger partial charge in [-0.1, -0.05) is 28.1 Å². The fourth-order valence-corrected chi connectivity index (χ4v) is 2.52. The molecule has 0 radical (unpaired) electrons. The lowest BCUT2D eigenvalue weighted by atomic mass is 9.94. The van der Waals surface area contributed by atoms with Crippen LogP contribution in [0.4, 0.5) is 0 Å². The minimum atomic E-state index is 0.0819. The molecule has 2 rings (SSSR count). The van der Waals surface area contributed by atoms with Crippen LogP contribution in [0.2, 0.25) is 0 Å². The van der Waals surface area contributed by atoms with Crippen LogP contribution >= 0.6 is 27.5 Å². The number of alkyl halides is 1. The van der Waals surface area contributed by atoms with Crippen molar-refractivity contribution in [1.82, 2.24) is 0 Å². The molecule has 0 amide bonds. The lowest BCUT2D eigenvalue weighted by Crippen LogP contribution is -2.21. The van der Waals surface area contributed by atoms with Crippen molar-refractivity contribution in [2.75, 3.05) is 13.2 Å². The predicted octanol–water partition coefficient (Wildman–Crippen LogP) is 4.16. The summed E-state index contributed by atoms with van der Waals surface area (Å²) in [5.41, 5.74) is 1.19. The van der Waals surface area contributed by atoms with Gasteiger partial charge in [0.05, 0.1) is 12.0 Å². The summed E-state index contributed by atoms with van der Waals surface area (Å²) in [7, 11) is 0. The maximum Gasteiger partial charge on any atom is 0.0635 e. The summed E-state index contributed by atoms with van der Waals surface area (Å²) >= 11 is 9.86. The van der Waals surface area contributed by atoms with Gasteiger partial charge in [-0.3, -0.25) is 0 Å². The molecular weight excluding hydrogens is 275 g/mol. The normalized spacial score (nSPS) is 23.7. The standard InChI is InChI=1S/C12H14BrClO/c13-11-5-3-9(4-6-11)12(14)10-2-1-7-15-8-10/h3-6,10,12H,1-2,7-8H2. The average molecular weight is 290 g/mol. The van der Waals surface area contributed by atoms with Crippen molar-refractivity contribution in [1.29, 1.82) is 0 Å². The third kappa shape index (κ3) is 2.96. The predicted molar refractivity (Wildman–Crippen MR) is 66.3 cm³/mol. The molecule has 0 aromatic heterocycles. The Balaban J connectivity index is 2.05. The van der Waals surface area contributed by atoms with Crippen LogP contribution in [0.15, 0.2) is 28.7 Å². The molecule has 1 fully saturated rings. The molecule has 0 N–H and O–H groups in total. The zero-order chi connectivity index (χ0) is 10.7. The van der Waals surface area contributed by atoms with E-state index in [4.69, 9.17) is 16.3 Å². The van der Waals surface area contributed by atoms with Gasteiger partial charge in [0.15, 0.2) is 0 Å². The third-order valence-corrected chi connectivity index (χ3v) is 3.93. The number of rotatable bonds is 2. The molecule has 1 aliphatic heterocycles. The van der Waals surface area contributed by atoms with Gasteiger partial charge in [0.25, 0.3) is 0 Å². The van der Waals surface area contributed by atoms with Crippen molar-refractivity contribution in [3.63, 3.8) is 0 Å². The van der Waals surface area contributed by atoms with Gasteiger partial charge >= 0.3 is 0 Å². The van der Waals surface area contributed by atoms with Crippen molar-refractivity contribution < 1.29 is 4.74 Å². The van der Waals surface area contributed by atoms with Crippen LogP contribution in [0.3, 0.4) is 0 Å². The summed E-state index contributed by atoms with van der Waals surface area (Å²) < 4.78 is 6.55. The van der Waals surface area contributed by atoms with E-state index in [0.29, 0.717) is 5.92 Å². The van der Waals surface area contributed by atoms with E-state index < -0.39 is 0 Å². The average Bonchev–Trinajstić information content (AvgIpc) is 2.30. The lowest BCUT2D eigenvalue weighted by molar-refractivity contribution is 0.0531. The molecule has 15 heavy (non-hydrogen) atoms. The zero-order valence-corrected chi connectivity index (χ0v) is 10.8. The highest BCUT2D eigenvalue weighted by atomic mass is 79.9. The second kappa shape index (κ2) is 5.33. The second-order valence-corrected chi connectivity index (χ2v) is 5.32. The van der Waals surface area contributed by atoms with Crippen molar-refractivity contribution in [3.05, 3.63) is 34.3 Å². The molecule has 0 spiro atoms. The first-order valence-corrected chi connectivity index (χ1v) is 6.47. The molecule has 0 saturated carbocycles. The van der Waals surface area contributed by atoms with E-state index >= 15 is 0 Å². The molecular formula is C12H14BrClO. The summed E-state index contributed by atoms with van der Waals surface area (Å²) in [5, 5.41) is 0.0819. The van der Waals surface area contributed by atoms with Crippen LogP contribution in [-0.4, -0.2) is 13.2 Å². The molecule has 3 heteroatoms. The Bertz CT molecular complexity index is 306. The van der Waals surface area contributed by atoms with E-state index in [1.807, 2.05) is 12.1 Å². The van der Waals surface area contributed by atoms with Gasteiger partial charge in [-0.15, -0.1) is 11.6 Å². The number of hydrogen-bond acceptors (Lipinski definition) is 1. The van der Waals surface area contributed by atoms with Crippen LogP contribution in [-0.2, 0) is 4.74 Å². The third-order valence-electron chi connectivity index (χ3n) is 2.80. The molecule has 1 saturated heterocycles. The first-order valence-electron chi connectivity index (χ1n) is 5.24. The molecule has 1 aromatic rings. The highest BCUT2D eigenvalue weighted by Gasteiger charge is 2.23. The monoisotopic (exact) mass is 288 g/mol. The van der Waals surface area contributed by atoms with Crippen molar-refractivity contribution >= 4 is 27.5 Å². The number of ether oxygens (including phenoxy) is 1. The molecule has 82 valence electrons. The molecule has 1 aromatic carbocycles. The first kappa shape index (κ1) is 11.4. The minimum Gasteiger partial charge on any atom is -0.381 e. The van der Waals surface area contributed by atoms with E-state index in [2.05, 4.69) is 28.1 Å². The number of benzene rings is 1. The van der Waals surface area contributed by atoms with E-state index in [-0.39, 0.29) is 5.38 Å². The summed E-state index contributed by atoms with van der Waals surface area (Å²) in [6, 6.07) is 8.23. The van der Waals surface area contributed by atoms with Crippen molar-refractivity contribution in [2.45, 2.75) is 18.2 Å². The quantitative estimate of drug-likeness (QED) is 0.743. The smallest absolute Gasteiger partial charge is 0.0635 e. The van der Waals surface area contributed by atoms with Gasteiger partial charge < -0.3 is 4.74 Å².